The molecule has 1 aromatic carbocycles. The van der Waals surface area contributed by atoms with Crippen molar-refractivity contribution in [2.24, 2.45) is 17.3 Å². The van der Waals surface area contributed by atoms with Crippen LogP contribution in [0, 0.1) is 17.3 Å². The summed E-state index contributed by atoms with van der Waals surface area (Å²) in [7, 11) is 0. The molecule has 2 saturated carbocycles. The van der Waals surface area contributed by atoms with Gasteiger partial charge >= 0.3 is 0 Å². The number of hydrogen-bond donors (Lipinski definition) is 7. The lowest BCUT2D eigenvalue weighted by Gasteiger charge is -2.51. The number of imidazole rings is 1. The van der Waals surface area contributed by atoms with Gasteiger partial charge in [0.05, 0.1) is 37.3 Å². The van der Waals surface area contributed by atoms with Crippen molar-refractivity contribution in [2.45, 2.75) is 81.6 Å². The number of aliphatic hydroxyl groups is 4. The number of hydrogen-bond acceptors (Lipinski definition) is 11. The maximum Gasteiger partial charge on any atom is 0.167 e. The standard InChI is InChI=1S/C28H35N5O7/c1-28-3-2-12-13-5-18(35)19(36)6-15(13)17(4-14(12)16(28)7-21(38)25(28)39)32-26-24-27(30-10-29-26)33(11-31-24)23-8-20(37)22(9-34)40-23/h5-6,10-12,14,16-17,20-23,25,34-39H,2-4,7-9H2,1H3,(H,29,30,32)/t12-,14-,16+,17?,20+,21-,22-,23-,25+,28+/m1/s1. The zero-order valence-corrected chi connectivity index (χ0v) is 22.1. The third-order valence-corrected chi connectivity index (χ3v) is 10.2. The maximum atomic E-state index is 10.9. The predicted molar refractivity (Wildman–Crippen MR) is 141 cm³/mol. The smallest absolute Gasteiger partial charge is 0.167 e. The normalized spacial score (nSPS) is 38.7. The quantitative estimate of drug-likeness (QED) is 0.233. The van der Waals surface area contributed by atoms with Crippen molar-refractivity contribution >= 4 is 17.0 Å². The predicted octanol–water partition coefficient (Wildman–Crippen LogP) is 1.68. The molecule has 3 aliphatic carbocycles. The van der Waals surface area contributed by atoms with Gasteiger partial charge in [-0.25, -0.2) is 15.0 Å². The molecule has 3 heterocycles. The van der Waals surface area contributed by atoms with E-state index in [4.69, 9.17) is 4.74 Å². The van der Waals surface area contributed by atoms with E-state index in [1.807, 2.05) is 0 Å². The van der Waals surface area contributed by atoms with E-state index in [0.29, 0.717) is 36.2 Å². The van der Waals surface area contributed by atoms with Gasteiger partial charge in [0.15, 0.2) is 28.5 Å². The number of aromatic hydroxyl groups is 2. The number of fused-ring (bicyclic) bond motifs is 6. The molecule has 1 unspecified atom stereocenters. The van der Waals surface area contributed by atoms with Crippen LogP contribution in [0.1, 0.15) is 68.3 Å². The summed E-state index contributed by atoms with van der Waals surface area (Å²) in [6.07, 6.45) is 2.57. The van der Waals surface area contributed by atoms with Crippen molar-refractivity contribution in [3.05, 3.63) is 35.9 Å². The van der Waals surface area contributed by atoms with Gasteiger partial charge in [-0.1, -0.05) is 6.92 Å². The molecule has 12 heteroatoms. The number of anilines is 1. The Bertz CT molecular complexity index is 1450. The van der Waals surface area contributed by atoms with Crippen LogP contribution < -0.4 is 5.32 Å². The average Bonchev–Trinajstić information content (AvgIpc) is 3.60. The van der Waals surface area contributed by atoms with E-state index >= 15 is 0 Å². The first-order valence-electron chi connectivity index (χ1n) is 14.0. The second kappa shape index (κ2) is 9.25. The fourth-order valence-corrected chi connectivity index (χ4v) is 8.14. The van der Waals surface area contributed by atoms with Gasteiger partial charge in [-0.05, 0) is 72.1 Å². The number of nitrogens with zero attached hydrogens (tertiary/aromatic N) is 4. The zero-order chi connectivity index (χ0) is 27.9. The highest BCUT2D eigenvalue weighted by molar-refractivity contribution is 5.83. The van der Waals surface area contributed by atoms with Gasteiger partial charge in [-0.15, -0.1) is 0 Å². The minimum atomic E-state index is -0.795. The molecule has 7 N–H and O–H groups in total. The highest BCUT2D eigenvalue weighted by Crippen LogP contribution is 2.63. The topological polar surface area (TPSA) is 186 Å². The van der Waals surface area contributed by atoms with Crippen LogP contribution in [0.15, 0.2) is 24.8 Å². The van der Waals surface area contributed by atoms with E-state index in [1.54, 1.807) is 23.0 Å². The van der Waals surface area contributed by atoms with Gasteiger partial charge in [0.2, 0.25) is 0 Å². The van der Waals surface area contributed by atoms with Crippen molar-refractivity contribution in [2.75, 3.05) is 11.9 Å². The van der Waals surface area contributed by atoms with Gasteiger partial charge in [-0.3, -0.25) is 4.57 Å². The third-order valence-electron chi connectivity index (χ3n) is 10.2. The fourth-order valence-electron chi connectivity index (χ4n) is 8.14. The van der Waals surface area contributed by atoms with Gasteiger partial charge in [-0.2, -0.15) is 0 Å². The summed E-state index contributed by atoms with van der Waals surface area (Å²) in [4.78, 5) is 13.5. The molecule has 3 fully saturated rings. The monoisotopic (exact) mass is 553 g/mol. The lowest BCUT2D eigenvalue weighted by atomic mass is 9.54. The van der Waals surface area contributed by atoms with Crippen LogP contribution in [0.4, 0.5) is 5.82 Å². The summed E-state index contributed by atoms with van der Waals surface area (Å²) < 4.78 is 7.54. The van der Waals surface area contributed by atoms with Crippen LogP contribution >= 0.6 is 0 Å². The highest BCUT2D eigenvalue weighted by atomic mass is 16.5. The molecule has 40 heavy (non-hydrogen) atoms. The Hall–Kier alpha value is -3.03. The molecule has 0 amide bonds. The number of ether oxygens (including phenoxy) is 1. The molecule has 0 radical (unpaired) electrons. The van der Waals surface area contributed by atoms with Crippen molar-refractivity contribution in [1.82, 2.24) is 19.5 Å². The molecule has 0 bridgehead atoms. The molecule has 3 aromatic rings. The summed E-state index contributed by atoms with van der Waals surface area (Å²) in [5, 5.41) is 65.6. The number of aliphatic hydroxyl groups excluding tert-OH is 4. The number of nitrogens with one attached hydrogen (secondary N) is 1. The molecule has 2 aromatic heterocycles. The van der Waals surface area contributed by atoms with E-state index in [9.17, 15) is 30.6 Å². The Labute approximate surface area is 230 Å². The molecule has 1 saturated heterocycles. The van der Waals surface area contributed by atoms with E-state index in [1.165, 1.54) is 6.33 Å². The molecule has 12 nitrogen and oxygen atoms in total. The lowest BCUT2D eigenvalue weighted by molar-refractivity contribution is -0.0513. The second-order valence-corrected chi connectivity index (χ2v) is 12.2. The van der Waals surface area contributed by atoms with E-state index < -0.39 is 30.6 Å². The van der Waals surface area contributed by atoms with Gasteiger partial charge in [0, 0.05) is 6.42 Å². The summed E-state index contributed by atoms with van der Waals surface area (Å²) in [5.74, 6) is 0.501. The molecule has 214 valence electrons. The first-order chi connectivity index (χ1) is 19.2. The Kier molecular flexibility index (Phi) is 5.99. The molecular formula is C28H35N5O7. The van der Waals surface area contributed by atoms with Gasteiger partial charge in [0.1, 0.15) is 18.7 Å². The molecule has 1 aliphatic heterocycles. The molecule has 7 rings (SSSR count). The molecule has 4 aliphatic rings. The zero-order valence-electron chi connectivity index (χ0n) is 22.1. The van der Waals surface area contributed by atoms with Crippen LogP contribution in [-0.4, -0.2) is 81.2 Å². The summed E-state index contributed by atoms with van der Waals surface area (Å²) in [6, 6.07) is 2.99. The van der Waals surface area contributed by atoms with Crippen LogP contribution in [-0.2, 0) is 4.74 Å². The number of aromatic nitrogens is 4. The highest BCUT2D eigenvalue weighted by Gasteiger charge is 2.58. The Morgan fingerprint density at radius 3 is 2.55 bits per heavy atom. The van der Waals surface area contributed by atoms with E-state index in [2.05, 4.69) is 27.2 Å². The first-order valence-corrected chi connectivity index (χ1v) is 14.0. The second-order valence-electron chi connectivity index (χ2n) is 12.2. The fraction of sp³-hybridized carbons (Fsp3) is 0.607. The lowest BCUT2D eigenvalue weighted by Crippen LogP contribution is -2.45. The number of benzene rings is 1. The van der Waals surface area contributed by atoms with Crippen molar-refractivity contribution in [3.63, 3.8) is 0 Å². The van der Waals surface area contributed by atoms with Gasteiger partial charge < -0.3 is 40.7 Å². The van der Waals surface area contributed by atoms with Gasteiger partial charge in [0.25, 0.3) is 0 Å². The minimum absolute atomic E-state index is 0.0969. The number of phenolic OH excluding ortho intramolecular Hbond substituents is 2. The Morgan fingerprint density at radius 1 is 1.02 bits per heavy atom. The summed E-state index contributed by atoms with van der Waals surface area (Å²) >= 11 is 0. The maximum absolute atomic E-state index is 10.9. The van der Waals surface area contributed by atoms with E-state index in [-0.39, 0.29) is 47.3 Å². The Morgan fingerprint density at radius 2 is 1.80 bits per heavy atom. The van der Waals surface area contributed by atoms with Crippen LogP contribution in [0.3, 0.4) is 0 Å². The number of phenols is 2. The molecule has 10 atom stereocenters. The summed E-state index contributed by atoms with van der Waals surface area (Å²) in [5.41, 5.74) is 2.48. The SMILES string of the molecule is C[C@]12CC[C@@H]3c4cc(O)c(O)cc4C(Nc4ncnc5c4ncn5[C@H]4C[C@H](O)[C@@H](CO)O4)C[C@H]3[C@@H]1C[C@@H](O)[C@@H]2O. The number of rotatable bonds is 4. The summed E-state index contributed by atoms with van der Waals surface area (Å²) in [6.45, 7) is 1.79. The van der Waals surface area contributed by atoms with Crippen LogP contribution in [0.25, 0.3) is 11.2 Å². The minimum Gasteiger partial charge on any atom is -0.504 e. The first kappa shape index (κ1) is 25.9. The van der Waals surface area contributed by atoms with Crippen molar-refractivity contribution in [3.8, 4) is 11.5 Å². The molecular weight excluding hydrogens is 518 g/mol. The molecule has 0 spiro atoms. The van der Waals surface area contributed by atoms with E-state index in [0.717, 1.165) is 24.0 Å². The van der Waals surface area contributed by atoms with Crippen molar-refractivity contribution < 1.29 is 35.4 Å². The van der Waals surface area contributed by atoms with Crippen LogP contribution in [0.5, 0.6) is 11.5 Å². The largest absolute Gasteiger partial charge is 0.504 e. The average molecular weight is 554 g/mol. The Balaban J connectivity index is 1.25. The van der Waals surface area contributed by atoms with Crippen molar-refractivity contribution in [1.29, 1.82) is 0 Å². The van der Waals surface area contributed by atoms with Crippen LogP contribution in [0.2, 0.25) is 0 Å². The third kappa shape index (κ3) is 3.73.